The molecule has 5 rings (SSSR count). The van der Waals surface area contributed by atoms with E-state index in [1.54, 1.807) is 12.4 Å². The number of halogens is 3. The summed E-state index contributed by atoms with van der Waals surface area (Å²) < 4.78 is 23.7. The van der Waals surface area contributed by atoms with Gasteiger partial charge in [0, 0.05) is 23.9 Å². The van der Waals surface area contributed by atoms with Gasteiger partial charge in [0.2, 0.25) is 0 Å². The minimum absolute atomic E-state index is 0.0126. The highest BCUT2D eigenvalue weighted by Gasteiger charge is 2.31. The third-order valence-corrected chi connectivity index (χ3v) is 6.38. The molecule has 148 valence electrons. The third-order valence-electron chi connectivity index (χ3n) is 5.68. The van der Waals surface area contributed by atoms with E-state index < -0.39 is 5.82 Å². The van der Waals surface area contributed by atoms with Crippen molar-refractivity contribution in [3.63, 3.8) is 0 Å². The monoisotopic (exact) mass is 473 g/mol. The van der Waals surface area contributed by atoms with Crippen LogP contribution < -0.4 is 0 Å². The highest BCUT2D eigenvalue weighted by atomic mass is 79.9. The Labute approximate surface area is 180 Å². The molecule has 1 saturated heterocycles. The summed E-state index contributed by atoms with van der Waals surface area (Å²) in [6.07, 6.45) is 5.22. The largest absolute Gasteiger partial charge is 0.381 e. The number of aromatic nitrogens is 3. The molecule has 29 heavy (non-hydrogen) atoms. The quantitative estimate of drug-likeness (QED) is 0.334. The Kier molecular flexibility index (Phi) is 5.02. The van der Waals surface area contributed by atoms with Crippen LogP contribution in [0.5, 0.6) is 0 Å². The zero-order chi connectivity index (χ0) is 20.0. The molecule has 0 amide bonds. The summed E-state index contributed by atoms with van der Waals surface area (Å²) in [6.45, 7) is 1.46. The SMILES string of the molecule is Fc1c(Cl)ncc2c1c1ncc(Br)cc1n2[C@H](c1ccccc1)C1CCOCC1. The molecule has 1 fully saturated rings. The van der Waals surface area contributed by atoms with Crippen LogP contribution in [0.3, 0.4) is 0 Å². The average molecular weight is 475 g/mol. The van der Waals surface area contributed by atoms with E-state index in [1.807, 2.05) is 24.3 Å². The lowest BCUT2D eigenvalue weighted by Gasteiger charge is -2.33. The summed E-state index contributed by atoms with van der Waals surface area (Å²) in [5.74, 6) is -0.177. The molecule has 0 spiro atoms. The van der Waals surface area contributed by atoms with Gasteiger partial charge in [-0.25, -0.2) is 9.37 Å². The molecule has 0 unspecified atom stereocenters. The molecule has 1 aromatic carbocycles. The molecular weight excluding hydrogens is 457 g/mol. The molecule has 1 aliphatic rings. The summed E-state index contributed by atoms with van der Waals surface area (Å²) >= 11 is 9.55. The van der Waals surface area contributed by atoms with Gasteiger partial charge < -0.3 is 9.30 Å². The highest BCUT2D eigenvalue weighted by Crippen LogP contribution is 2.41. The zero-order valence-electron chi connectivity index (χ0n) is 15.5. The molecule has 3 aromatic heterocycles. The van der Waals surface area contributed by atoms with Gasteiger partial charge in [0.15, 0.2) is 11.0 Å². The second kappa shape index (κ2) is 7.67. The first-order chi connectivity index (χ1) is 14.1. The van der Waals surface area contributed by atoms with Gasteiger partial charge in [0.1, 0.15) is 0 Å². The Morgan fingerprint density at radius 2 is 1.86 bits per heavy atom. The predicted octanol–water partition coefficient (Wildman–Crippen LogP) is 6.16. The summed E-state index contributed by atoms with van der Waals surface area (Å²) in [4.78, 5) is 8.65. The molecule has 0 aliphatic carbocycles. The molecule has 7 heteroatoms. The maximum absolute atomic E-state index is 15.1. The van der Waals surface area contributed by atoms with E-state index in [1.165, 1.54) is 5.56 Å². The number of ether oxygens (including phenoxy) is 1. The Balaban J connectivity index is 1.86. The first kappa shape index (κ1) is 19.0. The van der Waals surface area contributed by atoms with E-state index in [2.05, 4.69) is 42.6 Å². The van der Waals surface area contributed by atoms with Crippen molar-refractivity contribution in [1.82, 2.24) is 14.5 Å². The lowest BCUT2D eigenvalue weighted by molar-refractivity contribution is 0.0552. The van der Waals surface area contributed by atoms with E-state index in [9.17, 15) is 0 Å². The van der Waals surface area contributed by atoms with Gasteiger partial charge in [-0.1, -0.05) is 41.9 Å². The molecule has 0 bridgehead atoms. The summed E-state index contributed by atoms with van der Waals surface area (Å²) in [5, 5.41) is 0.282. The van der Waals surface area contributed by atoms with Gasteiger partial charge >= 0.3 is 0 Å². The molecule has 1 aliphatic heterocycles. The van der Waals surface area contributed by atoms with E-state index >= 15 is 4.39 Å². The second-order valence-corrected chi connectivity index (χ2v) is 8.59. The fraction of sp³-hybridized carbons (Fsp3) is 0.273. The van der Waals surface area contributed by atoms with Crippen LogP contribution >= 0.6 is 27.5 Å². The van der Waals surface area contributed by atoms with Crippen molar-refractivity contribution in [2.24, 2.45) is 5.92 Å². The van der Waals surface area contributed by atoms with Crippen LogP contribution in [-0.2, 0) is 4.74 Å². The zero-order valence-corrected chi connectivity index (χ0v) is 17.8. The van der Waals surface area contributed by atoms with Crippen LogP contribution in [0, 0.1) is 11.7 Å². The fourth-order valence-electron chi connectivity index (χ4n) is 4.41. The molecule has 4 nitrogen and oxygen atoms in total. The van der Waals surface area contributed by atoms with E-state index in [4.69, 9.17) is 16.3 Å². The van der Waals surface area contributed by atoms with Crippen LogP contribution in [0.1, 0.15) is 24.4 Å². The fourth-order valence-corrected chi connectivity index (χ4v) is 4.87. The topological polar surface area (TPSA) is 39.9 Å². The number of nitrogens with zero attached hydrogens (tertiary/aromatic N) is 3. The van der Waals surface area contributed by atoms with Gasteiger partial charge in [0.05, 0.1) is 34.2 Å². The molecule has 0 N–H and O–H groups in total. The van der Waals surface area contributed by atoms with E-state index in [0.29, 0.717) is 22.3 Å². The predicted molar refractivity (Wildman–Crippen MR) is 116 cm³/mol. The number of pyridine rings is 2. The number of hydrogen-bond donors (Lipinski definition) is 0. The summed E-state index contributed by atoms with van der Waals surface area (Å²) in [7, 11) is 0. The van der Waals surface area contributed by atoms with Crippen molar-refractivity contribution >= 4 is 49.5 Å². The normalized spacial score (nSPS) is 16.5. The van der Waals surface area contributed by atoms with Crippen molar-refractivity contribution in [2.75, 3.05) is 13.2 Å². The minimum Gasteiger partial charge on any atom is -0.381 e. The number of hydrogen-bond acceptors (Lipinski definition) is 3. The lowest BCUT2D eigenvalue weighted by atomic mass is 9.86. The maximum Gasteiger partial charge on any atom is 0.172 e. The smallest absolute Gasteiger partial charge is 0.172 e. The number of benzene rings is 1. The van der Waals surface area contributed by atoms with Crippen LogP contribution in [0.15, 0.2) is 53.3 Å². The van der Waals surface area contributed by atoms with Crippen molar-refractivity contribution in [3.05, 3.63) is 69.8 Å². The van der Waals surface area contributed by atoms with Crippen LogP contribution in [0.25, 0.3) is 21.9 Å². The van der Waals surface area contributed by atoms with Gasteiger partial charge in [-0.2, -0.15) is 0 Å². The maximum atomic E-state index is 15.1. The molecule has 4 heterocycles. The van der Waals surface area contributed by atoms with Gasteiger partial charge in [-0.15, -0.1) is 0 Å². The Hall–Kier alpha value is -2.02. The third kappa shape index (κ3) is 3.23. The van der Waals surface area contributed by atoms with Crippen molar-refractivity contribution in [3.8, 4) is 0 Å². The van der Waals surface area contributed by atoms with E-state index in [-0.39, 0.29) is 11.2 Å². The first-order valence-corrected chi connectivity index (χ1v) is 10.7. The van der Waals surface area contributed by atoms with Crippen LogP contribution in [-0.4, -0.2) is 27.7 Å². The van der Waals surface area contributed by atoms with Crippen molar-refractivity contribution in [2.45, 2.75) is 18.9 Å². The molecule has 4 aromatic rings. The Bertz CT molecular complexity index is 1190. The van der Waals surface area contributed by atoms with Crippen LogP contribution in [0.4, 0.5) is 4.39 Å². The van der Waals surface area contributed by atoms with Crippen molar-refractivity contribution < 1.29 is 9.13 Å². The van der Waals surface area contributed by atoms with Crippen molar-refractivity contribution in [1.29, 1.82) is 0 Å². The molecular formula is C22H18BrClFN3O. The summed E-state index contributed by atoms with van der Waals surface area (Å²) in [6, 6.07) is 12.4. The summed E-state index contributed by atoms with van der Waals surface area (Å²) in [5.41, 5.74) is 3.33. The highest BCUT2D eigenvalue weighted by molar-refractivity contribution is 9.10. The second-order valence-electron chi connectivity index (χ2n) is 7.32. The minimum atomic E-state index is -0.526. The standard InChI is InChI=1S/C22H18BrClFN3O/c23-15-10-16-20(26-11-15)18-17(12-27-22(24)19(18)25)28(16)21(13-4-2-1-3-5-13)14-6-8-29-9-7-14/h1-5,10-12,14,21H,6-9H2/t21-/m1/s1. The average Bonchev–Trinajstić information content (AvgIpc) is 3.06. The number of fused-ring (bicyclic) bond motifs is 3. The first-order valence-electron chi connectivity index (χ1n) is 9.57. The Morgan fingerprint density at radius 3 is 2.62 bits per heavy atom. The van der Waals surface area contributed by atoms with Gasteiger partial charge in [0.25, 0.3) is 0 Å². The lowest BCUT2D eigenvalue weighted by Crippen LogP contribution is -2.26. The molecule has 1 atom stereocenters. The van der Waals surface area contributed by atoms with Gasteiger partial charge in [-0.05, 0) is 46.3 Å². The van der Waals surface area contributed by atoms with E-state index in [0.717, 1.165) is 36.0 Å². The Morgan fingerprint density at radius 1 is 1.10 bits per heavy atom. The molecule has 0 radical (unpaired) electrons. The molecule has 0 saturated carbocycles. The number of rotatable bonds is 3. The van der Waals surface area contributed by atoms with Crippen LogP contribution in [0.2, 0.25) is 5.15 Å². The van der Waals surface area contributed by atoms with Gasteiger partial charge in [-0.3, -0.25) is 4.98 Å².